The molecule has 0 aromatic heterocycles. The molecule has 5 N–H and O–H groups in total. The molecule has 1 rings (SSSR count). The molecule has 0 heterocycles. The summed E-state index contributed by atoms with van der Waals surface area (Å²) in [5, 5.41) is 9.08. The highest BCUT2D eigenvalue weighted by atomic mass is 35.5. The van der Waals surface area contributed by atoms with Gasteiger partial charge in [-0.05, 0) is 24.3 Å². The van der Waals surface area contributed by atoms with Crippen molar-refractivity contribution in [2.45, 2.75) is 10.9 Å². The minimum atomic E-state index is -4.18. The number of amides is 1. The van der Waals surface area contributed by atoms with Crippen LogP contribution in [0.4, 0.5) is 0 Å². The van der Waals surface area contributed by atoms with Crippen LogP contribution in [0.25, 0.3) is 0 Å². The first kappa shape index (κ1) is 15.4. The minimum Gasteiger partial charge on any atom is -0.480 e. The number of carbonyl (C=O) groups is 2. The average molecular weight is 308 g/mol. The molecule has 0 radical (unpaired) electrons. The molecule has 0 aliphatic rings. The molecule has 8 nitrogen and oxygen atoms in total. The molecular weight excluding hydrogens is 298 g/mol. The third kappa shape index (κ3) is 3.89. The van der Waals surface area contributed by atoms with E-state index in [1.165, 1.54) is 24.3 Å². The van der Waals surface area contributed by atoms with E-state index in [4.69, 9.17) is 22.6 Å². The standard InChI is InChI=1S/C9H10ClN3O5S/c10-5-1-3-6(4-2-5)19(17,18)13-7(9(15)16)8(14)12-11/h1-4,7,13H,11H2,(H,12,14)(H,15,16)/t7-/m1/s1. The second kappa shape index (κ2) is 5.97. The first-order chi connectivity index (χ1) is 8.77. The number of halogens is 1. The maximum Gasteiger partial charge on any atom is 0.331 e. The van der Waals surface area contributed by atoms with Crippen LogP contribution in [0.3, 0.4) is 0 Å². The van der Waals surface area contributed by atoms with Crippen molar-refractivity contribution in [2.75, 3.05) is 0 Å². The van der Waals surface area contributed by atoms with Crippen LogP contribution in [0.15, 0.2) is 29.2 Å². The fraction of sp³-hybridized carbons (Fsp3) is 0.111. The molecule has 0 aliphatic heterocycles. The molecule has 1 amide bonds. The number of rotatable bonds is 5. The Morgan fingerprint density at radius 2 is 1.79 bits per heavy atom. The summed E-state index contributed by atoms with van der Waals surface area (Å²) in [7, 11) is -4.18. The molecule has 104 valence electrons. The lowest BCUT2D eigenvalue weighted by Crippen LogP contribution is -2.53. The molecule has 1 atom stereocenters. The third-order valence-corrected chi connectivity index (χ3v) is 3.74. The van der Waals surface area contributed by atoms with Gasteiger partial charge in [-0.2, -0.15) is 4.72 Å². The van der Waals surface area contributed by atoms with Gasteiger partial charge in [-0.3, -0.25) is 10.2 Å². The van der Waals surface area contributed by atoms with Crippen LogP contribution in [-0.4, -0.2) is 31.4 Å². The monoisotopic (exact) mass is 307 g/mol. The lowest BCUT2D eigenvalue weighted by Gasteiger charge is -2.13. The molecule has 1 aromatic rings. The molecule has 19 heavy (non-hydrogen) atoms. The molecule has 0 bridgehead atoms. The smallest absolute Gasteiger partial charge is 0.331 e. The Morgan fingerprint density at radius 1 is 1.26 bits per heavy atom. The molecule has 0 spiro atoms. The molecule has 0 saturated heterocycles. The van der Waals surface area contributed by atoms with E-state index in [0.717, 1.165) is 0 Å². The summed E-state index contributed by atoms with van der Waals surface area (Å²) in [6.07, 6.45) is 0. The van der Waals surface area contributed by atoms with Gasteiger partial charge >= 0.3 is 5.97 Å². The number of carbonyl (C=O) groups excluding carboxylic acids is 1. The van der Waals surface area contributed by atoms with Crippen molar-refractivity contribution in [1.82, 2.24) is 10.1 Å². The topological polar surface area (TPSA) is 139 Å². The average Bonchev–Trinajstić information content (AvgIpc) is 2.35. The SMILES string of the molecule is NNC(=O)[C@@H](NS(=O)(=O)c1ccc(Cl)cc1)C(=O)O. The largest absolute Gasteiger partial charge is 0.480 e. The zero-order chi connectivity index (χ0) is 14.6. The van der Waals surface area contributed by atoms with Gasteiger partial charge in [0.25, 0.3) is 5.91 Å². The fourth-order valence-electron chi connectivity index (χ4n) is 1.14. The quantitative estimate of drug-likeness (QED) is 0.240. The van der Waals surface area contributed by atoms with Crippen LogP contribution in [0.1, 0.15) is 0 Å². The predicted molar refractivity (Wildman–Crippen MR) is 65.5 cm³/mol. The number of hydrogen-bond acceptors (Lipinski definition) is 5. The summed E-state index contributed by atoms with van der Waals surface area (Å²) < 4.78 is 25.4. The molecule has 0 fully saturated rings. The Bertz CT molecular complexity index is 586. The zero-order valence-corrected chi connectivity index (χ0v) is 10.9. The van der Waals surface area contributed by atoms with Crippen LogP contribution in [-0.2, 0) is 19.6 Å². The van der Waals surface area contributed by atoms with Gasteiger partial charge in [0, 0.05) is 5.02 Å². The van der Waals surface area contributed by atoms with Crippen LogP contribution in [0, 0.1) is 0 Å². The van der Waals surface area contributed by atoms with Gasteiger partial charge < -0.3 is 5.11 Å². The number of aliphatic carboxylic acids is 1. The summed E-state index contributed by atoms with van der Waals surface area (Å²) in [6.45, 7) is 0. The van der Waals surface area contributed by atoms with Crippen molar-refractivity contribution < 1.29 is 23.1 Å². The summed E-state index contributed by atoms with van der Waals surface area (Å²) in [5.41, 5.74) is 1.56. The van der Waals surface area contributed by atoms with Gasteiger partial charge in [-0.1, -0.05) is 11.6 Å². The van der Waals surface area contributed by atoms with Crippen molar-refractivity contribution in [3.63, 3.8) is 0 Å². The Hall–Kier alpha value is -1.68. The molecule has 0 unspecified atom stereocenters. The summed E-state index contributed by atoms with van der Waals surface area (Å²) in [6, 6.07) is 2.95. The number of hydrazine groups is 1. The third-order valence-electron chi connectivity index (χ3n) is 2.05. The maximum atomic E-state index is 11.8. The lowest BCUT2D eigenvalue weighted by atomic mass is 10.3. The van der Waals surface area contributed by atoms with Gasteiger partial charge in [-0.15, -0.1) is 0 Å². The van der Waals surface area contributed by atoms with Gasteiger partial charge in [0.05, 0.1) is 4.90 Å². The summed E-state index contributed by atoms with van der Waals surface area (Å²) >= 11 is 5.60. The van der Waals surface area contributed by atoms with E-state index in [-0.39, 0.29) is 4.90 Å². The Labute approximate surface area is 113 Å². The van der Waals surface area contributed by atoms with Crippen molar-refractivity contribution >= 4 is 33.5 Å². The van der Waals surface area contributed by atoms with Gasteiger partial charge in [0.1, 0.15) is 0 Å². The van der Waals surface area contributed by atoms with E-state index in [2.05, 4.69) is 0 Å². The van der Waals surface area contributed by atoms with Crippen molar-refractivity contribution in [2.24, 2.45) is 5.84 Å². The van der Waals surface area contributed by atoms with Crippen molar-refractivity contribution in [3.8, 4) is 0 Å². The second-order valence-electron chi connectivity index (χ2n) is 3.36. The van der Waals surface area contributed by atoms with Gasteiger partial charge in [-0.25, -0.2) is 19.1 Å². The van der Waals surface area contributed by atoms with E-state index in [0.29, 0.717) is 5.02 Å². The number of carboxylic acids is 1. The fourth-order valence-corrected chi connectivity index (χ4v) is 2.41. The molecule has 1 aromatic carbocycles. The number of carboxylic acid groups (broad SMARTS) is 1. The Kier molecular flexibility index (Phi) is 4.84. The Morgan fingerprint density at radius 3 is 2.21 bits per heavy atom. The van der Waals surface area contributed by atoms with E-state index < -0.39 is 27.9 Å². The highest BCUT2D eigenvalue weighted by Gasteiger charge is 2.31. The highest BCUT2D eigenvalue weighted by Crippen LogP contribution is 2.14. The summed E-state index contributed by atoms with van der Waals surface area (Å²) in [4.78, 5) is 21.7. The molecule has 0 aliphatic carbocycles. The van der Waals surface area contributed by atoms with Crippen LogP contribution in [0.2, 0.25) is 5.02 Å². The normalized spacial score (nSPS) is 12.7. The number of nitrogens with two attached hydrogens (primary N) is 1. The predicted octanol–water partition coefficient (Wildman–Crippen LogP) is -0.939. The zero-order valence-electron chi connectivity index (χ0n) is 9.33. The molecule has 10 heteroatoms. The maximum absolute atomic E-state index is 11.8. The van der Waals surface area contributed by atoms with Gasteiger partial charge in [0.15, 0.2) is 6.04 Å². The lowest BCUT2D eigenvalue weighted by molar-refractivity contribution is -0.143. The molecular formula is C9H10ClN3O5S. The first-order valence-corrected chi connectivity index (χ1v) is 6.65. The van der Waals surface area contributed by atoms with Crippen LogP contribution < -0.4 is 16.0 Å². The van der Waals surface area contributed by atoms with Gasteiger partial charge in [0.2, 0.25) is 10.0 Å². The van der Waals surface area contributed by atoms with E-state index >= 15 is 0 Å². The van der Waals surface area contributed by atoms with Crippen LogP contribution >= 0.6 is 11.6 Å². The summed E-state index contributed by atoms with van der Waals surface area (Å²) in [5.74, 6) is 1.90. The number of benzene rings is 1. The highest BCUT2D eigenvalue weighted by molar-refractivity contribution is 7.89. The number of nitrogens with one attached hydrogen (secondary N) is 2. The Balaban J connectivity index is 3.04. The van der Waals surface area contributed by atoms with E-state index in [1.807, 2.05) is 0 Å². The second-order valence-corrected chi connectivity index (χ2v) is 5.51. The van der Waals surface area contributed by atoms with E-state index in [1.54, 1.807) is 10.1 Å². The van der Waals surface area contributed by atoms with Crippen molar-refractivity contribution in [1.29, 1.82) is 0 Å². The number of sulfonamides is 1. The van der Waals surface area contributed by atoms with Crippen LogP contribution in [0.5, 0.6) is 0 Å². The first-order valence-electron chi connectivity index (χ1n) is 4.79. The number of hydrogen-bond donors (Lipinski definition) is 4. The van der Waals surface area contributed by atoms with E-state index in [9.17, 15) is 18.0 Å². The van der Waals surface area contributed by atoms with Crippen molar-refractivity contribution in [3.05, 3.63) is 29.3 Å². The minimum absolute atomic E-state index is 0.229. The molecule has 0 saturated carbocycles.